The smallest absolute Gasteiger partial charge is 0.323 e. The zero-order valence-corrected chi connectivity index (χ0v) is 11.1. The molecule has 0 aliphatic heterocycles. The van der Waals surface area contributed by atoms with Gasteiger partial charge in [-0.1, -0.05) is 18.2 Å². The van der Waals surface area contributed by atoms with E-state index in [1.807, 2.05) is 6.92 Å². The van der Waals surface area contributed by atoms with Crippen LogP contribution >= 0.6 is 0 Å². The van der Waals surface area contributed by atoms with Gasteiger partial charge in [0.2, 0.25) is 0 Å². The number of hydrogen-bond acceptors (Lipinski definition) is 3. The van der Waals surface area contributed by atoms with Crippen molar-refractivity contribution in [2.75, 3.05) is 0 Å². The Morgan fingerprint density at radius 1 is 1.35 bits per heavy atom. The number of halogens is 3. The third-order valence-electron chi connectivity index (χ3n) is 3.12. The summed E-state index contributed by atoms with van der Waals surface area (Å²) in [7, 11) is 0. The van der Waals surface area contributed by atoms with E-state index in [9.17, 15) is 13.2 Å². The summed E-state index contributed by atoms with van der Waals surface area (Å²) in [5.41, 5.74) is 6.18. The van der Waals surface area contributed by atoms with Crippen molar-refractivity contribution in [3.63, 3.8) is 0 Å². The van der Waals surface area contributed by atoms with Crippen LogP contribution in [0.1, 0.15) is 36.2 Å². The molecule has 1 aromatic heterocycles. The van der Waals surface area contributed by atoms with E-state index < -0.39 is 11.7 Å². The number of nitrogens with zero attached hydrogens (tertiary/aromatic N) is 3. The van der Waals surface area contributed by atoms with Crippen molar-refractivity contribution in [1.82, 2.24) is 15.0 Å². The van der Waals surface area contributed by atoms with Crippen molar-refractivity contribution in [1.29, 1.82) is 0 Å². The number of benzene rings is 1. The van der Waals surface area contributed by atoms with Gasteiger partial charge in [-0.2, -0.15) is 13.2 Å². The summed E-state index contributed by atoms with van der Waals surface area (Å²) in [4.78, 5) is 0. The lowest BCUT2D eigenvalue weighted by Gasteiger charge is -2.11. The number of alkyl halides is 3. The molecule has 0 spiro atoms. The van der Waals surface area contributed by atoms with Crippen LogP contribution in [0.2, 0.25) is 0 Å². The molecule has 0 aliphatic carbocycles. The molecular weight excluding hydrogens is 269 g/mol. The Morgan fingerprint density at radius 2 is 2.05 bits per heavy atom. The molecule has 2 N–H and O–H groups in total. The number of rotatable bonds is 3. The summed E-state index contributed by atoms with van der Waals surface area (Å²) >= 11 is 0. The lowest BCUT2D eigenvalue weighted by Crippen LogP contribution is -2.09. The van der Waals surface area contributed by atoms with Crippen molar-refractivity contribution >= 4 is 0 Å². The van der Waals surface area contributed by atoms with Gasteiger partial charge < -0.3 is 5.73 Å². The van der Waals surface area contributed by atoms with Crippen LogP contribution in [0.25, 0.3) is 5.69 Å². The number of hydrogen-bond donors (Lipinski definition) is 1. The van der Waals surface area contributed by atoms with Gasteiger partial charge in [-0.3, -0.25) is 0 Å². The minimum absolute atomic E-state index is 0.173. The molecule has 2 aromatic rings. The van der Waals surface area contributed by atoms with E-state index in [4.69, 9.17) is 5.73 Å². The Hall–Kier alpha value is -1.89. The third kappa shape index (κ3) is 2.82. The van der Waals surface area contributed by atoms with E-state index in [1.165, 1.54) is 17.7 Å². The van der Waals surface area contributed by atoms with Gasteiger partial charge in [0.15, 0.2) is 0 Å². The second kappa shape index (κ2) is 5.24. The summed E-state index contributed by atoms with van der Waals surface area (Å²) in [6, 6.07) is 3.78. The average molecular weight is 284 g/mol. The molecule has 0 bridgehead atoms. The standard InChI is InChI=1S/C13H15F3N4/c1-3-11(17)12-7-20(19-18-12)9-5-4-8(2)10(6-9)13(14,15)16/h4-7,11H,3,17H2,1-2H3. The topological polar surface area (TPSA) is 56.7 Å². The fourth-order valence-corrected chi connectivity index (χ4v) is 1.84. The quantitative estimate of drug-likeness (QED) is 0.942. The van der Waals surface area contributed by atoms with Crippen LogP contribution in [0.3, 0.4) is 0 Å². The zero-order valence-electron chi connectivity index (χ0n) is 11.1. The molecule has 1 unspecified atom stereocenters. The van der Waals surface area contributed by atoms with Gasteiger partial charge in [-0.15, -0.1) is 5.10 Å². The van der Waals surface area contributed by atoms with Gasteiger partial charge >= 0.3 is 6.18 Å². The zero-order chi connectivity index (χ0) is 14.9. The molecule has 1 atom stereocenters. The van der Waals surface area contributed by atoms with E-state index in [2.05, 4.69) is 10.3 Å². The molecule has 0 fully saturated rings. The predicted molar refractivity (Wildman–Crippen MR) is 68.3 cm³/mol. The highest BCUT2D eigenvalue weighted by Crippen LogP contribution is 2.33. The lowest BCUT2D eigenvalue weighted by molar-refractivity contribution is -0.138. The molecule has 7 heteroatoms. The number of aryl methyl sites for hydroxylation is 1. The van der Waals surface area contributed by atoms with Crippen LogP contribution < -0.4 is 5.73 Å². The van der Waals surface area contributed by atoms with E-state index >= 15 is 0 Å². The Kier molecular flexibility index (Phi) is 3.80. The average Bonchev–Trinajstić information content (AvgIpc) is 2.86. The second-order valence-corrected chi connectivity index (χ2v) is 4.60. The maximum atomic E-state index is 12.9. The van der Waals surface area contributed by atoms with E-state index in [-0.39, 0.29) is 11.6 Å². The molecule has 0 amide bonds. The summed E-state index contributed by atoms with van der Waals surface area (Å²) in [6.45, 7) is 3.32. The van der Waals surface area contributed by atoms with E-state index in [1.54, 1.807) is 12.3 Å². The Bertz CT molecular complexity index is 604. The molecule has 1 aromatic carbocycles. The van der Waals surface area contributed by atoms with E-state index in [0.29, 0.717) is 17.8 Å². The van der Waals surface area contributed by atoms with Crippen molar-refractivity contribution in [2.24, 2.45) is 5.73 Å². The molecule has 20 heavy (non-hydrogen) atoms. The second-order valence-electron chi connectivity index (χ2n) is 4.60. The molecule has 4 nitrogen and oxygen atoms in total. The van der Waals surface area contributed by atoms with Gasteiger partial charge in [-0.25, -0.2) is 4.68 Å². The van der Waals surface area contributed by atoms with Gasteiger partial charge in [0, 0.05) is 0 Å². The summed E-state index contributed by atoms with van der Waals surface area (Å²) < 4.78 is 39.9. The lowest BCUT2D eigenvalue weighted by atomic mass is 10.1. The minimum atomic E-state index is -4.39. The SMILES string of the molecule is CCC(N)c1cn(-c2ccc(C)c(C(F)(F)F)c2)nn1. The molecule has 0 saturated heterocycles. The third-order valence-corrected chi connectivity index (χ3v) is 3.12. The number of nitrogens with two attached hydrogens (primary N) is 1. The Morgan fingerprint density at radius 3 is 2.65 bits per heavy atom. The first kappa shape index (κ1) is 14.5. The summed E-state index contributed by atoms with van der Waals surface area (Å²) in [5.74, 6) is 0. The van der Waals surface area contributed by atoms with Gasteiger partial charge in [0.25, 0.3) is 0 Å². The van der Waals surface area contributed by atoms with Crippen LogP contribution in [0.4, 0.5) is 13.2 Å². The molecule has 2 rings (SSSR count). The first-order valence-electron chi connectivity index (χ1n) is 6.19. The molecule has 108 valence electrons. The molecular formula is C13H15F3N4. The fraction of sp³-hybridized carbons (Fsp3) is 0.385. The van der Waals surface area contributed by atoms with Crippen molar-refractivity contribution in [3.05, 3.63) is 41.2 Å². The monoisotopic (exact) mass is 284 g/mol. The highest BCUT2D eigenvalue weighted by molar-refractivity contribution is 5.41. The molecule has 0 saturated carbocycles. The first-order valence-corrected chi connectivity index (χ1v) is 6.19. The van der Waals surface area contributed by atoms with Crippen LogP contribution in [0.15, 0.2) is 24.4 Å². The van der Waals surface area contributed by atoms with Crippen LogP contribution in [0.5, 0.6) is 0 Å². The maximum Gasteiger partial charge on any atom is 0.416 e. The van der Waals surface area contributed by atoms with Gasteiger partial charge in [-0.05, 0) is 31.0 Å². The Labute approximate surface area is 114 Å². The Balaban J connectivity index is 2.41. The largest absolute Gasteiger partial charge is 0.416 e. The maximum absolute atomic E-state index is 12.9. The van der Waals surface area contributed by atoms with Crippen molar-refractivity contribution < 1.29 is 13.2 Å². The van der Waals surface area contributed by atoms with Crippen molar-refractivity contribution in [3.8, 4) is 5.69 Å². The van der Waals surface area contributed by atoms with Crippen molar-refractivity contribution in [2.45, 2.75) is 32.5 Å². The van der Waals surface area contributed by atoms with Crippen LogP contribution in [-0.2, 0) is 6.18 Å². The molecule has 0 aliphatic rings. The number of aromatic nitrogens is 3. The fourth-order valence-electron chi connectivity index (χ4n) is 1.84. The van der Waals surface area contributed by atoms with Crippen LogP contribution in [-0.4, -0.2) is 15.0 Å². The van der Waals surface area contributed by atoms with Crippen LogP contribution in [0, 0.1) is 6.92 Å². The van der Waals surface area contributed by atoms with E-state index in [0.717, 1.165) is 6.07 Å². The highest BCUT2D eigenvalue weighted by Gasteiger charge is 2.32. The molecule has 1 heterocycles. The molecule has 0 radical (unpaired) electrons. The highest BCUT2D eigenvalue weighted by atomic mass is 19.4. The summed E-state index contributed by atoms with van der Waals surface area (Å²) in [5, 5.41) is 7.71. The van der Waals surface area contributed by atoms with Gasteiger partial charge in [0.1, 0.15) is 0 Å². The minimum Gasteiger partial charge on any atom is -0.323 e. The summed E-state index contributed by atoms with van der Waals surface area (Å²) in [6.07, 6.45) is -2.15. The first-order chi connectivity index (χ1) is 9.32. The predicted octanol–water partition coefficient (Wildman–Crippen LogP) is 3.00. The normalized spacial score (nSPS) is 13.5. The van der Waals surface area contributed by atoms with Gasteiger partial charge in [0.05, 0.1) is 29.2 Å².